The zero-order valence-corrected chi connectivity index (χ0v) is 12.9. The van der Waals surface area contributed by atoms with E-state index in [4.69, 9.17) is 10.3 Å². The molecule has 114 valence electrons. The van der Waals surface area contributed by atoms with Crippen LogP contribution in [0.25, 0.3) is 0 Å². The number of carbonyl (C=O) groups is 1. The maximum Gasteiger partial charge on any atom is 0.225 e. The standard InChI is InChI=1S/C15H19N3O2.ClH/c1-10-8-13(20-18-10)9-17-15(19)11(2)14(16)12-6-4-3-5-7-12;/h3-8,11,14H,9,16H2,1-2H3,(H,17,19);1H. The Morgan fingerprint density at radius 3 is 2.62 bits per heavy atom. The zero-order valence-electron chi connectivity index (χ0n) is 12.1. The van der Waals surface area contributed by atoms with E-state index in [1.165, 1.54) is 0 Å². The molecule has 1 aromatic carbocycles. The van der Waals surface area contributed by atoms with Crippen LogP contribution in [0.3, 0.4) is 0 Å². The van der Waals surface area contributed by atoms with E-state index in [9.17, 15) is 4.79 Å². The molecule has 2 atom stereocenters. The predicted octanol–water partition coefficient (Wildman–Crippen LogP) is 2.36. The minimum Gasteiger partial charge on any atom is -0.359 e. The first kappa shape index (κ1) is 17.2. The van der Waals surface area contributed by atoms with Crippen LogP contribution in [0.4, 0.5) is 0 Å². The predicted molar refractivity (Wildman–Crippen MR) is 82.9 cm³/mol. The first-order valence-corrected chi connectivity index (χ1v) is 6.58. The summed E-state index contributed by atoms with van der Waals surface area (Å²) in [4.78, 5) is 12.1. The molecule has 0 aliphatic heterocycles. The van der Waals surface area contributed by atoms with Gasteiger partial charge >= 0.3 is 0 Å². The molecule has 6 heteroatoms. The summed E-state index contributed by atoms with van der Waals surface area (Å²) in [5.74, 6) is 0.216. The van der Waals surface area contributed by atoms with Crippen molar-refractivity contribution < 1.29 is 9.32 Å². The summed E-state index contributed by atoms with van der Waals surface area (Å²) in [7, 11) is 0. The number of nitrogens with one attached hydrogen (secondary N) is 1. The van der Waals surface area contributed by atoms with E-state index in [0.717, 1.165) is 11.3 Å². The Morgan fingerprint density at radius 1 is 1.38 bits per heavy atom. The first-order valence-electron chi connectivity index (χ1n) is 6.58. The van der Waals surface area contributed by atoms with Crippen molar-refractivity contribution in [1.82, 2.24) is 10.5 Å². The van der Waals surface area contributed by atoms with E-state index in [0.29, 0.717) is 12.3 Å². The van der Waals surface area contributed by atoms with Gasteiger partial charge < -0.3 is 15.6 Å². The molecule has 2 unspecified atom stereocenters. The number of hydrogen-bond donors (Lipinski definition) is 2. The van der Waals surface area contributed by atoms with Crippen molar-refractivity contribution in [3.05, 3.63) is 53.4 Å². The maximum atomic E-state index is 12.1. The first-order chi connectivity index (χ1) is 9.58. The lowest BCUT2D eigenvalue weighted by Gasteiger charge is -2.19. The molecule has 0 fully saturated rings. The summed E-state index contributed by atoms with van der Waals surface area (Å²) < 4.78 is 5.04. The molecule has 3 N–H and O–H groups in total. The number of rotatable bonds is 5. The molecular formula is C15H20ClN3O2. The lowest BCUT2D eigenvalue weighted by Crippen LogP contribution is -2.35. The fraction of sp³-hybridized carbons (Fsp3) is 0.333. The highest BCUT2D eigenvalue weighted by Crippen LogP contribution is 2.19. The van der Waals surface area contributed by atoms with Crippen LogP contribution in [0.5, 0.6) is 0 Å². The number of carbonyl (C=O) groups excluding carboxylic acids is 1. The molecule has 0 radical (unpaired) electrons. The molecule has 1 aromatic heterocycles. The van der Waals surface area contributed by atoms with Gasteiger partial charge in [-0.1, -0.05) is 42.4 Å². The van der Waals surface area contributed by atoms with Crippen molar-refractivity contribution in [1.29, 1.82) is 0 Å². The molecule has 0 saturated heterocycles. The van der Waals surface area contributed by atoms with Crippen molar-refractivity contribution in [2.75, 3.05) is 0 Å². The molecule has 2 rings (SSSR count). The van der Waals surface area contributed by atoms with Gasteiger partial charge in [-0.15, -0.1) is 12.4 Å². The van der Waals surface area contributed by atoms with Gasteiger partial charge in [0.25, 0.3) is 0 Å². The largest absolute Gasteiger partial charge is 0.359 e. The van der Waals surface area contributed by atoms with Crippen molar-refractivity contribution in [3.8, 4) is 0 Å². The van der Waals surface area contributed by atoms with Crippen LogP contribution >= 0.6 is 12.4 Å². The maximum absolute atomic E-state index is 12.1. The molecule has 21 heavy (non-hydrogen) atoms. The summed E-state index contributed by atoms with van der Waals surface area (Å²) in [5.41, 5.74) is 7.86. The Hall–Kier alpha value is -1.85. The molecule has 5 nitrogen and oxygen atoms in total. The van der Waals surface area contributed by atoms with Crippen LogP contribution in [-0.4, -0.2) is 11.1 Å². The van der Waals surface area contributed by atoms with E-state index >= 15 is 0 Å². The minimum absolute atomic E-state index is 0. The average Bonchev–Trinajstić information content (AvgIpc) is 2.89. The highest BCUT2D eigenvalue weighted by Gasteiger charge is 2.22. The molecule has 0 aliphatic carbocycles. The van der Waals surface area contributed by atoms with Gasteiger partial charge in [-0.25, -0.2) is 0 Å². The molecule has 1 heterocycles. The normalized spacial score (nSPS) is 13.1. The molecule has 1 amide bonds. The van der Waals surface area contributed by atoms with Gasteiger partial charge in [-0.05, 0) is 12.5 Å². The van der Waals surface area contributed by atoms with E-state index in [2.05, 4.69) is 10.5 Å². The highest BCUT2D eigenvalue weighted by molar-refractivity contribution is 5.85. The van der Waals surface area contributed by atoms with E-state index in [1.807, 2.05) is 44.2 Å². The number of nitrogens with zero attached hydrogens (tertiary/aromatic N) is 1. The summed E-state index contributed by atoms with van der Waals surface area (Å²) in [6.07, 6.45) is 0. The van der Waals surface area contributed by atoms with Crippen LogP contribution in [0, 0.1) is 12.8 Å². The molecule has 0 bridgehead atoms. The van der Waals surface area contributed by atoms with Crippen LogP contribution in [0.1, 0.15) is 30.0 Å². The number of amides is 1. The van der Waals surface area contributed by atoms with E-state index < -0.39 is 0 Å². The minimum atomic E-state index is -0.326. The Kier molecular flexibility index (Phi) is 6.39. The average molecular weight is 310 g/mol. The molecule has 0 aliphatic rings. The van der Waals surface area contributed by atoms with Gasteiger partial charge in [-0.3, -0.25) is 4.79 Å². The lowest BCUT2D eigenvalue weighted by molar-refractivity contribution is -0.125. The number of aryl methyl sites for hydroxylation is 1. The van der Waals surface area contributed by atoms with Gasteiger partial charge in [0, 0.05) is 12.1 Å². The Morgan fingerprint density at radius 2 is 2.05 bits per heavy atom. The third-order valence-electron chi connectivity index (χ3n) is 3.25. The lowest BCUT2D eigenvalue weighted by atomic mass is 9.95. The van der Waals surface area contributed by atoms with Crippen LogP contribution in [-0.2, 0) is 11.3 Å². The molecular weight excluding hydrogens is 290 g/mol. The third kappa shape index (κ3) is 4.58. The second-order valence-corrected chi connectivity index (χ2v) is 4.88. The van der Waals surface area contributed by atoms with Gasteiger partial charge in [0.15, 0.2) is 5.76 Å². The number of benzene rings is 1. The topological polar surface area (TPSA) is 81.2 Å². The number of hydrogen-bond acceptors (Lipinski definition) is 4. The van der Waals surface area contributed by atoms with E-state index in [-0.39, 0.29) is 30.3 Å². The zero-order chi connectivity index (χ0) is 14.5. The monoisotopic (exact) mass is 309 g/mol. The van der Waals surface area contributed by atoms with Crippen molar-refractivity contribution in [2.45, 2.75) is 26.4 Å². The van der Waals surface area contributed by atoms with Crippen molar-refractivity contribution in [3.63, 3.8) is 0 Å². The SMILES string of the molecule is Cc1cc(CNC(=O)C(C)C(N)c2ccccc2)on1.Cl. The van der Waals surface area contributed by atoms with Gasteiger partial charge in [0.2, 0.25) is 5.91 Å². The smallest absolute Gasteiger partial charge is 0.225 e. The van der Waals surface area contributed by atoms with Crippen LogP contribution < -0.4 is 11.1 Å². The molecule has 0 spiro atoms. The van der Waals surface area contributed by atoms with Gasteiger partial charge in [0.1, 0.15) is 0 Å². The third-order valence-corrected chi connectivity index (χ3v) is 3.25. The summed E-state index contributed by atoms with van der Waals surface area (Å²) in [5, 5.41) is 6.58. The van der Waals surface area contributed by atoms with Gasteiger partial charge in [-0.2, -0.15) is 0 Å². The van der Waals surface area contributed by atoms with Crippen molar-refractivity contribution in [2.24, 2.45) is 11.7 Å². The molecule has 0 saturated carbocycles. The quantitative estimate of drug-likeness (QED) is 0.888. The second kappa shape index (κ2) is 7.81. The van der Waals surface area contributed by atoms with Crippen LogP contribution in [0.15, 0.2) is 40.9 Å². The number of nitrogens with two attached hydrogens (primary N) is 1. The summed E-state index contributed by atoms with van der Waals surface area (Å²) in [6.45, 7) is 3.98. The van der Waals surface area contributed by atoms with Crippen LogP contribution in [0.2, 0.25) is 0 Å². The van der Waals surface area contributed by atoms with E-state index in [1.54, 1.807) is 6.07 Å². The summed E-state index contributed by atoms with van der Waals surface area (Å²) >= 11 is 0. The summed E-state index contributed by atoms with van der Waals surface area (Å²) in [6, 6.07) is 11.1. The van der Waals surface area contributed by atoms with Crippen molar-refractivity contribution >= 4 is 18.3 Å². The highest BCUT2D eigenvalue weighted by atomic mass is 35.5. The second-order valence-electron chi connectivity index (χ2n) is 4.88. The Balaban J connectivity index is 0.00000220. The fourth-order valence-corrected chi connectivity index (χ4v) is 1.96. The molecule has 2 aromatic rings. The fourth-order valence-electron chi connectivity index (χ4n) is 1.96. The van der Waals surface area contributed by atoms with Gasteiger partial charge in [0.05, 0.1) is 18.2 Å². The number of aromatic nitrogens is 1. The Bertz CT molecular complexity index is 571. The Labute approximate surface area is 130 Å². The number of halogens is 1.